The van der Waals surface area contributed by atoms with Gasteiger partial charge in [-0.2, -0.15) is 0 Å². The van der Waals surface area contributed by atoms with Crippen LogP contribution in [-0.2, 0) is 0 Å². The van der Waals surface area contributed by atoms with E-state index in [1.54, 1.807) is 0 Å². The van der Waals surface area contributed by atoms with E-state index >= 15 is 0 Å². The number of halogens is 1. The maximum absolute atomic E-state index is 13.1. The number of hydrogen-bond donors (Lipinski definition) is 2. The van der Waals surface area contributed by atoms with Gasteiger partial charge in [-0.25, -0.2) is 9.37 Å². The molecule has 0 saturated heterocycles. The average Bonchev–Trinajstić information content (AvgIpc) is 2.64. The Kier molecular flexibility index (Phi) is 2.89. The lowest BCUT2D eigenvalue weighted by Gasteiger charge is -2.00. The summed E-state index contributed by atoms with van der Waals surface area (Å²) in [5.41, 5.74) is 7.02. The molecule has 0 bridgehead atoms. The first-order chi connectivity index (χ1) is 7.56. The van der Waals surface area contributed by atoms with Gasteiger partial charge in [0.25, 0.3) is 0 Å². The first kappa shape index (κ1) is 11.0. The van der Waals surface area contributed by atoms with Crippen LogP contribution in [0.2, 0.25) is 0 Å². The lowest BCUT2D eigenvalue weighted by Crippen LogP contribution is -2.04. The van der Waals surface area contributed by atoms with E-state index < -0.39 is 5.82 Å². The molecular weight excluding hydrogens is 227 g/mol. The van der Waals surface area contributed by atoms with E-state index in [9.17, 15) is 9.50 Å². The monoisotopic (exact) mass is 238 g/mol. The van der Waals surface area contributed by atoms with Gasteiger partial charge in [0.15, 0.2) is 0 Å². The molecule has 0 aliphatic rings. The summed E-state index contributed by atoms with van der Waals surface area (Å²) in [6.07, 6.45) is 0. The van der Waals surface area contributed by atoms with Crippen molar-refractivity contribution in [1.29, 1.82) is 0 Å². The van der Waals surface area contributed by atoms with Crippen LogP contribution in [0.4, 0.5) is 4.39 Å². The van der Waals surface area contributed by atoms with Crippen LogP contribution >= 0.6 is 11.3 Å². The van der Waals surface area contributed by atoms with Gasteiger partial charge in [-0.15, -0.1) is 11.3 Å². The van der Waals surface area contributed by atoms with Gasteiger partial charge in [-0.1, -0.05) is 0 Å². The minimum Gasteiger partial charge on any atom is -0.508 e. The van der Waals surface area contributed by atoms with Crippen molar-refractivity contribution < 1.29 is 9.50 Å². The van der Waals surface area contributed by atoms with E-state index in [1.165, 1.54) is 23.5 Å². The van der Waals surface area contributed by atoms with Gasteiger partial charge in [0.05, 0.1) is 5.69 Å². The van der Waals surface area contributed by atoms with E-state index in [0.29, 0.717) is 10.6 Å². The third kappa shape index (κ3) is 2.20. The van der Waals surface area contributed by atoms with E-state index in [4.69, 9.17) is 5.73 Å². The van der Waals surface area contributed by atoms with Gasteiger partial charge in [0, 0.05) is 23.1 Å². The third-order valence-corrected chi connectivity index (χ3v) is 3.03. The topological polar surface area (TPSA) is 59.1 Å². The standard InChI is InChI=1S/C11H11FN2OS/c1-6(13)10-5-16-11(14-10)7-2-8(12)4-9(15)3-7/h2-6,15H,13H2,1H3. The average molecular weight is 238 g/mol. The fraction of sp³-hybridized carbons (Fsp3) is 0.182. The van der Waals surface area contributed by atoms with Crippen molar-refractivity contribution in [2.75, 3.05) is 0 Å². The molecule has 84 valence electrons. The Labute approximate surface area is 96.4 Å². The number of rotatable bonds is 2. The Hall–Kier alpha value is -1.46. The maximum atomic E-state index is 13.1. The number of benzene rings is 1. The van der Waals surface area contributed by atoms with Gasteiger partial charge < -0.3 is 10.8 Å². The lowest BCUT2D eigenvalue weighted by molar-refractivity contribution is 0.469. The number of nitrogens with two attached hydrogens (primary N) is 1. The molecule has 1 atom stereocenters. The molecule has 3 nitrogen and oxygen atoms in total. The number of thiazole rings is 1. The van der Waals surface area contributed by atoms with Crippen LogP contribution in [0.15, 0.2) is 23.6 Å². The molecule has 1 unspecified atom stereocenters. The summed E-state index contributed by atoms with van der Waals surface area (Å²) in [6.45, 7) is 1.84. The summed E-state index contributed by atoms with van der Waals surface area (Å²) in [6, 6.07) is 3.73. The molecule has 0 aliphatic heterocycles. The summed E-state index contributed by atoms with van der Waals surface area (Å²) in [4.78, 5) is 4.28. The van der Waals surface area contributed by atoms with Crippen LogP contribution in [0.25, 0.3) is 10.6 Å². The fourth-order valence-corrected chi connectivity index (χ4v) is 2.24. The van der Waals surface area contributed by atoms with Crippen molar-refractivity contribution >= 4 is 11.3 Å². The van der Waals surface area contributed by atoms with E-state index in [0.717, 1.165) is 11.8 Å². The first-order valence-electron chi connectivity index (χ1n) is 4.77. The summed E-state index contributed by atoms with van der Waals surface area (Å²) >= 11 is 1.38. The zero-order chi connectivity index (χ0) is 11.7. The SMILES string of the molecule is CC(N)c1csc(-c2cc(O)cc(F)c2)n1. The molecule has 1 aromatic heterocycles. The quantitative estimate of drug-likeness (QED) is 0.845. The highest BCUT2D eigenvalue weighted by Gasteiger charge is 2.09. The molecule has 0 amide bonds. The highest BCUT2D eigenvalue weighted by Crippen LogP contribution is 2.28. The number of aromatic hydroxyl groups is 1. The van der Waals surface area contributed by atoms with E-state index in [2.05, 4.69) is 4.98 Å². The summed E-state index contributed by atoms with van der Waals surface area (Å²) in [5, 5.41) is 11.8. The van der Waals surface area contributed by atoms with Gasteiger partial charge >= 0.3 is 0 Å². The van der Waals surface area contributed by atoms with Crippen LogP contribution < -0.4 is 5.73 Å². The molecule has 1 aromatic carbocycles. The number of hydrogen-bond acceptors (Lipinski definition) is 4. The van der Waals surface area contributed by atoms with Crippen molar-refractivity contribution in [3.63, 3.8) is 0 Å². The number of phenolic OH excluding ortho intramolecular Hbond substituents is 1. The molecule has 0 spiro atoms. The van der Waals surface area contributed by atoms with Gasteiger partial charge in [0.2, 0.25) is 0 Å². The molecule has 5 heteroatoms. The minimum atomic E-state index is -0.479. The van der Waals surface area contributed by atoms with Crippen LogP contribution in [0.3, 0.4) is 0 Å². The molecule has 2 aromatic rings. The zero-order valence-corrected chi connectivity index (χ0v) is 9.46. The van der Waals surface area contributed by atoms with Crippen molar-refractivity contribution in [2.45, 2.75) is 13.0 Å². The minimum absolute atomic E-state index is 0.104. The third-order valence-electron chi connectivity index (χ3n) is 2.12. The Morgan fingerprint density at radius 1 is 1.44 bits per heavy atom. The van der Waals surface area contributed by atoms with Crippen LogP contribution in [0, 0.1) is 5.82 Å². The predicted molar refractivity (Wildman–Crippen MR) is 61.8 cm³/mol. The lowest BCUT2D eigenvalue weighted by atomic mass is 10.2. The highest BCUT2D eigenvalue weighted by atomic mass is 32.1. The number of nitrogens with zero attached hydrogens (tertiary/aromatic N) is 1. The zero-order valence-electron chi connectivity index (χ0n) is 8.64. The van der Waals surface area contributed by atoms with Crippen molar-refractivity contribution in [3.8, 4) is 16.3 Å². The Balaban J connectivity index is 2.42. The first-order valence-corrected chi connectivity index (χ1v) is 5.65. The molecule has 0 saturated carbocycles. The second-order valence-electron chi connectivity index (χ2n) is 3.56. The molecular formula is C11H11FN2OS. The van der Waals surface area contributed by atoms with Crippen LogP contribution in [0.1, 0.15) is 18.7 Å². The fourth-order valence-electron chi connectivity index (χ4n) is 1.33. The second kappa shape index (κ2) is 4.19. The molecule has 1 heterocycles. The molecule has 2 rings (SSSR count). The van der Waals surface area contributed by atoms with Crippen LogP contribution in [0.5, 0.6) is 5.75 Å². The predicted octanol–water partition coefficient (Wildman–Crippen LogP) is 2.67. The summed E-state index contributed by atoms with van der Waals surface area (Å²) < 4.78 is 13.1. The van der Waals surface area contributed by atoms with Crippen molar-refractivity contribution in [1.82, 2.24) is 4.98 Å². The van der Waals surface area contributed by atoms with E-state index in [-0.39, 0.29) is 11.8 Å². The Bertz CT molecular complexity index is 490. The molecule has 3 N–H and O–H groups in total. The van der Waals surface area contributed by atoms with Gasteiger partial charge in [-0.3, -0.25) is 0 Å². The maximum Gasteiger partial charge on any atom is 0.127 e. The Morgan fingerprint density at radius 3 is 2.75 bits per heavy atom. The summed E-state index contributed by atoms with van der Waals surface area (Å²) in [7, 11) is 0. The van der Waals surface area contributed by atoms with Crippen molar-refractivity contribution in [3.05, 3.63) is 35.1 Å². The number of aromatic nitrogens is 1. The molecule has 0 aliphatic carbocycles. The number of phenols is 1. The second-order valence-corrected chi connectivity index (χ2v) is 4.42. The summed E-state index contributed by atoms with van der Waals surface area (Å²) in [5.74, 6) is -0.583. The van der Waals surface area contributed by atoms with Crippen molar-refractivity contribution in [2.24, 2.45) is 5.73 Å². The largest absolute Gasteiger partial charge is 0.508 e. The Morgan fingerprint density at radius 2 is 2.19 bits per heavy atom. The normalized spacial score (nSPS) is 12.7. The molecule has 16 heavy (non-hydrogen) atoms. The smallest absolute Gasteiger partial charge is 0.127 e. The highest BCUT2D eigenvalue weighted by molar-refractivity contribution is 7.13. The van der Waals surface area contributed by atoms with E-state index in [1.807, 2.05) is 12.3 Å². The van der Waals surface area contributed by atoms with Gasteiger partial charge in [-0.05, 0) is 19.1 Å². The van der Waals surface area contributed by atoms with Gasteiger partial charge in [0.1, 0.15) is 16.6 Å². The van der Waals surface area contributed by atoms with Crippen LogP contribution in [-0.4, -0.2) is 10.1 Å². The molecule has 0 radical (unpaired) electrons. The molecule has 0 fully saturated rings.